The van der Waals surface area contributed by atoms with Gasteiger partial charge in [-0.25, -0.2) is 13.9 Å². The third-order valence-corrected chi connectivity index (χ3v) is 8.69. The van der Waals surface area contributed by atoms with E-state index in [-0.39, 0.29) is 12.6 Å². The molecule has 4 rings (SSSR count). The molecule has 1 fully saturated rings. The Morgan fingerprint density at radius 1 is 1.19 bits per heavy atom. The van der Waals surface area contributed by atoms with E-state index in [1.54, 1.807) is 17.5 Å². The fourth-order valence-electron chi connectivity index (χ4n) is 3.85. The zero-order valence-electron chi connectivity index (χ0n) is 20.8. The van der Waals surface area contributed by atoms with Gasteiger partial charge < -0.3 is 20.6 Å². The van der Waals surface area contributed by atoms with Crippen molar-refractivity contribution in [1.29, 1.82) is 0 Å². The van der Waals surface area contributed by atoms with E-state index in [0.717, 1.165) is 48.9 Å². The highest BCUT2D eigenvalue weighted by Crippen LogP contribution is 2.31. The van der Waals surface area contributed by atoms with Crippen LogP contribution in [0.5, 0.6) is 0 Å². The van der Waals surface area contributed by atoms with Crippen LogP contribution in [-0.2, 0) is 9.71 Å². The molecule has 0 amide bonds. The van der Waals surface area contributed by atoms with Crippen LogP contribution in [0.1, 0.15) is 6.92 Å². The summed E-state index contributed by atoms with van der Waals surface area (Å²) >= 11 is 1.61. The maximum Gasteiger partial charge on any atom is 0.229 e. The first kappa shape index (κ1) is 26.5. The second-order valence-electron chi connectivity index (χ2n) is 9.03. The SMILES string of the molecule is C=S(=O)(NCCN1CCN(C)CC1)c1ccc(Nc2ncc(-c3cccs3)c(N[C@H](C)CO)n2)cc1. The molecule has 3 aromatic rings. The Bertz CT molecular complexity index is 1210. The van der Waals surface area contributed by atoms with Gasteiger partial charge in [-0.2, -0.15) is 4.98 Å². The standard InChI is InChI=1S/C25H35N7O2S2/c1-19(18-33)28-24-22(23-5-4-16-35-23)17-26-25(30-24)29-20-6-8-21(9-7-20)36(3,34)27-10-11-32-14-12-31(2)13-15-32/h4-9,16-17,19,33H,3,10-15,18H2,1-2H3,(H,27,34)(H2,26,28,29,30)/t19-,36?/m1/s1. The van der Waals surface area contributed by atoms with Crippen molar-refractivity contribution in [2.24, 2.45) is 0 Å². The van der Waals surface area contributed by atoms with Gasteiger partial charge in [-0.3, -0.25) is 4.90 Å². The Kier molecular flexibility index (Phi) is 8.94. The van der Waals surface area contributed by atoms with Gasteiger partial charge in [0.15, 0.2) is 0 Å². The molecule has 2 atom stereocenters. The molecule has 1 unspecified atom stereocenters. The van der Waals surface area contributed by atoms with Crippen LogP contribution in [0.3, 0.4) is 0 Å². The fourth-order valence-corrected chi connectivity index (χ4v) is 5.75. The van der Waals surface area contributed by atoms with E-state index in [2.05, 4.69) is 48.0 Å². The third-order valence-electron chi connectivity index (χ3n) is 6.08. The molecule has 1 aromatic carbocycles. The van der Waals surface area contributed by atoms with Crippen LogP contribution >= 0.6 is 11.3 Å². The van der Waals surface area contributed by atoms with Crippen LogP contribution in [0.25, 0.3) is 10.4 Å². The molecule has 36 heavy (non-hydrogen) atoms. The van der Waals surface area contributed by atoms with Gasteiger partial charge in [0, 0.05) is 67.0 Å². The normalized spacial score (nSPS) is 17.4. The number of hydrogen-bond donors (Lipinski definition) is 4. The molecule has 0 saturated carbocycles. The molecule has 1 aliphatic heterocycles. The van der Waals surface area contributed by atoms with Crippen LogP contribution in [0.15, 0.2) is 52.9 Å². The molecular formula is C25H35N7O2S2. The van der Waals surface area contributed by atoms with E-state index in [9.17, 15) is 9.32 Å². The van der Waals surface area contributed by atoms with Crippen molar-refractivity contribution in [3.8, 4) is 10.4 Å². The van der Waals surface area contributed by atoms with Crippen molar-refractivity contribution in [3.63, 3.8) is 0 Å². The summed E-state index contributed by atoms with van der Waals surface area (Å²) < 4.78 is 16.3. The lowest BCUT2D eigenvalue weighted by molar-refractivity contribution is 0.156. The molecule has 0 radical (unpaired) electrons. The van der Waals surface area contributed by atoms with Gasteiger partial charge in [-0.1, -0.05) is 6.07 Å². The zero-order chi connectivity index (χ0) is 25.5. The summed E-state index contributed by atoms with van der Waals surface area (Å²) in [5, 5.41) is 18.0. The van der Waals surface area contributed by atoms with Gasteiger partial charge in [0.25, 0.3) is 0 Å². The maximum absolute atomic E-state index is 13.2. The number of benzene rings is 1. The number of nitrogens with one attached hydrogen (secondary N) is 3. The summed E-state index contributed by atoms with van der Waals surface area (Å²) in [5.41, 5.74) is 1.65. The number of thiophene rings is 1. The molecule has 4 N–H and O–H groups in total. The smallest absolute Gasteiger partial charge is 0.229 e. The average Bonchev–Trinajstić information content (AvgIpc) is 3.40. The number of piperazine rings is 1. The summed E-state index contributed by atoms with van der Waals surface area (Å²) in [4.78, 5) is 15.5. The minimum absolute atomic E-state index is 0.00809. The first-order chi connectivity index (χ1) is 17.3. The summed E-state index contributed by atoms with van der Waals surface area (Å²) in [6.07, 6.45) is 1.77. The van der Waals surface area contributed by atoms with Crippen LogP contribution < -0.4 is 15.4 Å². The highest BCUT2D eigenvalue weighted by atomic mass is 32.2. The van der Waals surface area contributed by atoms with Gasteiger partial charge in [-0.05, 0) is 55.6 Å². The van der Waals surface area contributed by atoms with E-state index in [0.29, 0.717) is 23.2 Å². The molecule has 0 aliphatic carbocycles. The van der Waals surface area contributed by atoms with Gasteiger partial charge in [0.2, 0.25) is 5.95 Å². The second-order valence-corrected chi connectivity index (χ2v) is 12.1. The molecule has 2 aromatic heterocycles. The summed E-state index contributed by atoms with van der Waals surface area (Å²) in [7, 11) is -0.458. The van der Waals surface area contributed by atoms with Crippen molar-refractivity contribution < 1.29 is 9.32 Å². The number of aliphatic hydroxyl groups is 1. The van der Waals surface area contributed by atoms with Crippen molar-refractivity contribution >= 4 is 44.4 Å². The lowest BCUT2D eigenvalue weighted by Crippen LogP contribution is -2.46. The van der Waals surface area contributed by atoms with E-state index in [4.69, 9.17) is 0 Å². The van der Waals surface area contributed by atoms with Crippen LogP contribution in [-0.4, -0.2) is 93.9 Å². The summed E-state index contributed by atoms with van der Waals surface area (Å²) in [5.74, 6) is 5.03. The van der Waals surface area contributed by atoms with Crippen LogP contribution in [0, 0.1) is 0 Å². The van der Waals surface area contributed by atoms with Crippen LogP contribution in [0.4, 0.5) is 17.5 Å². The van der Waals surface area contributed by atoms with Gasteiger partial charge in [0.1, 0.15) is 5.82 Å². The number of likely N-dealkylation sites (N-methyl/N-ethyl adjacent to an activating group) is 1. The van der Waals surface area contributed by atoms with Crippen LogP contribution in [0.2, 0.25) is 0 Å². The number of nitrogens with zero attached hydrogens (tertiary/aromatic N) is 4. The maximum atomic E-state index is 13.2. The highest BCUT2D eigenvalue weighted by Gasteiger charge is 2.15. The van der Waals surface area contributed by atoms with Gasteiger partial charge in [0.05, 0.1) is 21.9 Å². The molecule has 194 valence electrons. The van der Waals surface area contributed by atoms with E-state index in [1.807, 2.05) is 48.7 Å². The largest absolute Gasteiger partial charge is 0.394 e. The number of aliphatic hydroxyl groups excluding tert-OH is 1. The fraction of sp³-hybridized carbons (Fsp3) is 0.400. The van der Waals surface area contributed by atoms with E-state index < -0.39 is 9.71 Å². The predicted molar refractivity (Wildman–Crippen MR) is 151 cm³/mol. The minimum atomic E-state index is -2.59. The van der Waals surface area contributed by atoms with Crippen molar-refractivity contribution in [2.45, 2.75) is 17.9 Å². The monoisotopic (exact) mass is 529 g/mol. The molecule has 3 heterocycles. The minimum Gasteiger partial charge on any atom is -0.394 e. The Morgan fingerprint density at radius 3 is 2.61 bits per heavy atom. The molecule has 11 heteroatoms. The predicted octanol–water partition coefficient (Wildman–Crippen LogP) is 2.57. The number of hydrogen-bond acceptors (Lipinski definition) is 9. The van der Waals surface area contributed by atoms with Crippen molar-refractivity contribution in [1.82, 2.24) is 24.5 Å². The van der Waals surface area contributed by atoms with Crippen molar-refractivity contribution in [2.75, 3.05) is 63.6 Å². The lowest BCUT2D eigenvalue weighted by Gasteiger charge is -2.32. The summed E-state index contributed by atoms with van der Waals surface area (Å²) in [6.45, 7) is 7.54. The summed E-state index contributed by atoms with van der Waals surface area (Å²) in [6, 6.07) is 11.2. The molecule has 9 nitrogen and oxygen atoms in total. The highest BCUT2D eigenvalue weighted by molar-refractivity contribution is 7.98. The lowest BCUT2D eigenvalue weighted by atomic mass is 10.2. The Labute approximate surface area is 217 Å². The van der Waals surface area contributed by atoms with E-state index >= 15 is 0 Å². The number of rotatable bonds is 11. The molecule has 0 bridgehead atoms. The average molecular weight is 530 g/mol. The van der Waals surface area contributed by atoms with Crippen molar-refractivity contribution in [3.05, 3.63) is 48.0 Å². The topological polar surface area (TPSA) is 106 Å². The first-order valence-corrected chi connectivity index (χ1v) is 14.6. The third kappa shape index (κ3) is 7.02. The molecule has 0 spiro atoms. The molecular weight excluding hydrogens is 494 g/mol. The molecule has 1 saturated heterocycles. The molecule has 1 aliphatic rings. The Balaban J connectivity index is 1.39. The zero-order valence-corrected chi connectivity index (χ0v) is 22.4. The van der Waals surface area contributed by atoms with Gasteiger partial charge in [-0.15, -0.1) is 11.3 Å². The Hall–Kier alpha value is -2.54. The Morgan fingerprint density at radius 2 is 1.94 bits per heavy atom. The second kappa shape index (κ2) is 12.1. The van der Waals surface area contributed by atoms with Gasteiger partial charge >= 0.3 is 0 Å². The quantitative estimate of drug-likeness (QED) is 0.281. The first-order valence-electron chi connectivity index (χ1n) is 12.0. The number of anilines is 3. The van der Waals surface area contributed by atoms with E-state index in [1.165, 1.54) is 0 Å². The number of aromatic nitrogens is 2.